The summed E-state index contributed by atoms with van der Waals surface area (Å²) in [6.45, 7) is 3.02. The molecule has 0 heterocycles. The number of carbonyl (C=O) groups excluding carboxylic acids is 1. The van der Waals surface area contributed by atoms with Gasteiger partial charge in [0.15, 0.2) is 0 Å². The number of nitrogens with one attached hydrogen (secondary N) is 1. The number of carbonyl (C=O) groups is 1. The van der Waals surface area contributed by atoms with E-state index in [1.165, 1.54) is 0 Å². The van der Waals surface area contributed by atoms with Gasteiger partial charge in [0.05, 0.1) is 18.2 Å². The van der Waals surface area contributed by atoms with Crippen LogP contribution < -0.4 is 10.1 Å². The Labute approximate surface area is 124 Å². The molecule has 0 atom stereocenters. The molecule has 0 saturated carbocycles. The quantitative estimate of drug-likeness (QED) is 0.916. The number of amides is 1. The van der Waals surface area contributed by atoms with Gasteiger partial charge in [-0.3, -0.25) is 4.79 Å². The van der Waals surface area contributed by atoms with Crippen molar-refractivity contribution >= 4 is 5.91 Å². The molecule has 0 saturated heterocycles. The van der Waals surface area contributed by atoms with E-state index >= 15 is 0 Å². The van der Waals surface area contributed by atoms with Crippen LogP contribution >= 0.6 is 0 Å². The molecule has 0 bridgehead atoms. The fourth-order valence-electron chi connectivity index (χ4n) is 1.85. The molecular weight excluding hydrogens is 264 g/mol. The van der Waals surface area contributed by atoms with Crippen LogP contribution in [-0.2, 0) is 6.54 Å². The lowest BCUT2D eigenvalue weighted by Gasteiger charge is -2.07. The first kappa shape index (κ1) is 14.6. The van der Waals surface area contributed by atoms with E-state index in [-0.39, 0.29) is 5.91 Å². The topological polar surface area (TPSA) is 62.1 Å². The Kier molecular flexibility index (Phi) is 4.94. The minimum absolute atomic E-state index is 0.159. The van der Waals surface area contributed by atoms with Crippen molar-refractivity contribution < 1.29 is 9.53 Å². The highest BCUT2D eigenvalue weighted by Gasteiger charge is 2.05. The third-order valence-electron chi connectivity index (χ3n) is 2.96. The minimum Gasteiger partial charge on any atom is -0.494 e. The zero-order valence-corrected chi connectivity index (χ0v) is 11.8. The SMILES string of the molecule is CCOc1ccc(CNC(=O)c2ccc(C#N)cc2)cc1. The van der Waals surface area contributed by atoms with E-state index < -0.39 is 0 Å². The number of nitriles is 1. The molecule has 0 fully saturated rings. The minimum atomic E-state index is -0.159. The van der Waals surface area contributed by atoms with Crippen LogP contribution in [0.5, 0.6) is 5.75 Å². The van der Waals surface area contributed by atoms with Crippen molar-refractivity contribution in [1.29, 1.82) is 5.26 Å². The number of benzene rings is 2. The molecule has 4 heteroatoms. The first-order valence-electron chi connectivity index (χ1n) is 6.73. The molecule has 2 rings (SSSR count). The molecule has 1 amide bonds. The Morgan fingerprint density at radius 2 is 1.81 bits per heavy atom. The van der Waals surface area contributed by atoms with Gasteiger partial charge in [0.25, 0.3) is 5.91 Å². The molecule has 0 aliphatic carbocycles. The average molecular weight is 280 g/mol. The zero-order valence-electron chi connectivity index (χ0n) is 11.8. The summed E-state index contributed by atoms with van der Waals surface area (Å²) in [5.41, 5.74) is 2.08. The monoisotopic (exact) mass is 280 g/mol. The van der Waals surface area contributed by atoms with E-state index in [2.05, 4.69) is 5.32 Å². The van der Waals surface area contributed by atoms with Gasteiger partial charge >= 0.3 is 0 Å². The molecule has 106 valence electrons. The smallest absolute Gasteiger partial charge is 0.251 e. The van der Waals surface area contributed by atoms with Crippen molar-refractivity contribution in [2.75, 3.05) is 6.61 Å². The number of rotatable bonds is 5. The highest BCUT2D eigenvalue weighted by molar-refractivity contribution is 5.94. The van der Waals surface area contributed by atoms with E-state index in [0.29, 0.717) is 24.3 Å². The summed E-state index contributed by atoms with van der Waals surface area (Å²) >= 11 is 0. The van der Waals surface area contributed by atoms with Crippen LogP contribution in [0.15, 0.2) is 48.5 Å². The molecule has 0 aromatic heterocycles. The van der Waals surface area contributed by atoms with Crippen molar-refractivity contribution in [3.05, 3.63) is 65.2 Å². The van der Waals surface area contributed by atoms with Gasteiger partial charge in [-0.25, -0.2) is 0 Å². The highest BCUT2D eigenvalue weighted by atomic mass is 16.5. The molecule has 1 N–H and O–H groups in total. The summed E-state index contributed by atoms with van der Waals surface area (Å²) in [6, 6.07) is 16.2. The third kappa shape index (κ3) is 4.08. The second-order valence-corrected chi connectivity index (χ2v) is 4.45. The van der Waals surface area contributed by atoms with Gasteiger partial charge < -0.3 is 10.1 Å². The molecule has 0 radical (unpaired) electrons. The van der Waals surface area contributed by atoms with Crippen molar-refractivity contribution in [3.8, 4) is 11.8 Å². The van der Waals surface area contributed by atoms with Gasteiger partial charge in [0, 0.05) is 12.1 Å². The Morgan fingerprint density at radius 1 is 1.14 bits per heavy atom. The van der Waals surface area contributed by atoms with Crippen LogP contribution in [0.2, 0.25) is 0 Å². The maximum absolute atomic E-state index is 12.0. The normalized spacial score (nSPS) is 9.71. The predicted octanol–water partition coefficient (Wildman–Crippen LogP) is 2.89. The van der Waals surface area contributed by atoms with Crippen molar-refractivity contribution in [2.24, 2.45) is 0 Å². The van der Waals surface area contributed by atoms with Gasteiger partial charge in [-0.15, -0.1) is 0 Å². The Hall–Kier alpha value is -2.80. The maximum Gasteiger partial charge on any atom is 0.251 e. The molecule has 2 aromatic carbocycles. The molecule has 4 nitrogen and oxygen atoms in total. The van der Waals surface area contributed by atoms with Crippen molar-refractivity contribution in [1.82, 2.24) is 5.32 Å². The van der Waals surface area contributed by atoms with Gasteiger partial charge in [0.2, 0.25) is 0 Å². The summed E-state index contributed by atoms with van der Waals surface area (Å²) in [5.74, 6) is 0.660. The van der Waals surface area contributed by atoms with E-state index in [0.717, 1.165) is 11.3 Å². The first-order valence-corrected chi connectivity index (χ1v) is 6.73. The average Bonchev–Trinajstić information content (AvgIpc) is 2.54. The predicted molar refractivity (Wildman–Crippen MR) is 79.9 cm³/mol. The summed E-state index contributed by atoms with van der Waals surface area (Å²) in [7, 11) is 0. The van der Waals surface area contributed by atoms with Crippen molar-refractivity contribution in [2.45, 2.75) is 13.5 Å². The number of hydrogen-bond donors (Lipinski definition) is 1. The molecule has 0 aliphatic heterocycles. The number of ether oxygens (including phenoxy) is 1. The zero-order chi connectivity index (χ0) is 15.1. The third-order valence-corrected chi connectivity index (χ3v) is 2.96. The lowest BCUT2D eigenvalue weighted by Crippen LogP contribution is -2.22. The van der Waals surface area contributed by atoms with Crippen LogP contribution in [0.25, 0.3) is 0 Å². The van der Waals surface area contributed by atoms with Crippen LogP contribution in [0.1, 0.15) is 28.4 Å². The van der Waals surface area contributed by atoms with Gasteiger partial charge in [-0.05, 0) is 48.9 Å². The van der Waals surface area contributed by atoms with Gasteiger partial charge in [0.1, 0.15) is 5.75 Å². The molecule has 0 unspecified atom stereocenters. The van der Waals surface area contributed by atoms with Gasteiger partial charge in [-0.2, -0.15) is 5.26 Å². The van der Waals surface area contributed by atoms with Gasteiger partial charge in [-0.1, -0.05) is 12.1 Å². The molecule has 0 spiro atoms. The van der Waals surface area contributed by atoms with E-state index in [9.17, 15) is 4.79 Å². The standard InChI is InChI=1S/C17H16N2O2/c1-2-21-16-9-5-14(6-10-16)12-19-17(20)15-7-3-13(11-18)4-8-15/h3-10H,2,12H2,1H3,(H,19,20). The van der Waals surface area contributed by atoms with Crippen LogP contribution in [0, 0.1) is 11.3 Å². The largest absolute Gasteiger partial charge is 0.494 e. The Balaban J connectivity index is 1.92. The van der Waals surface area contributed by atoms with E-state index in [1.54, 1.807) is 24.3 Å². The van der Waals surface area contributed by atoms with Crippen molar-refractivity contribution in [3.63, 3.8) is 0 Å². The second kappa shape index (κ2) is 7.11. The van der Waals surface area contributed by atoms with Crippen LogP contribution in [-0.4, -0.2) is 12.5 Å². The summed E-state index contributed by atoms with van der Waals surface area (Å²) in [4.78, 5) is 12.0. The summed E-state index contributed by atoms with van der Waals surface area (Å²) < 4.78 is 5.36. The summed E-state index contributed by atoms with van der Waals surface area (Å²) in [6.07, 6.45) is 0. The lowest BCUT2D eigenvalue weighted by atomic mass is 10.1. The van der Waals surface area contributed by atoms with Crippen LogP contribution in [0.3, 0.4) is 0 Å². The van der Waals surface area contributed by atoms with Crippen LogP contribution in [0.4, 0.5) is 0 Å². The summed E-state index contributed by atoms with van der Waals surface area (Å²) in [5, 5.41) is 11.6. The fourth-order valence-corrected chi connectivity index (χ4v) is 1.85. The number of nitrogens with zero attached hydrogens (tertiary/aromatic N) is 1. The molecule has 0 aliphatic rings. The molecule has 2 aromatic rings. The molecular formula is C17H16N2O2. The fraction of sp³-hybridized carbons (Fsp3) is 0.176. The second-order valence-electron chi connectivity index (χ2n) is 4.45. The Morgan fingerprint density at radius 3 is 2.38 bits per heavy atom. The first-order chi connectivity index (χ1) is 10.2. The number of hydrogen-bond acceptors (Lipinski definition) is 3. The van der Waals surface area contributed by atoms with E-state index in [1.807, 2.05) is 37.3 Å². The molecule has 21 heavy (non-hydrogen) atoms. The maximum atomic E-state index is 12.0. The highest BCUT2D eigenvalue weighted by Crippen LogP contribution is 2.12. The van der Waals surface area contributed by atoms with E-state index in [4.69, 9.17) is 10.00 Å². The lowest BCUT2D eigenvalue weighted by molar-refractivity contribution is 0.0951. The Bertz CT molecular complexity index is 640.